The van der Waals surface area contributed by atoms with Gasteiger partial charge in [0.15, 0.2) is 0 Å². The minimum Gasteiger partial charge on any atom is -0.478 e. The van der Waals surface area contributed by atoms with E-state index in [2.05, 4.69) is 15.3 Å². The molecule has 0 fully saturated rings. The van der Waals surface area contributed by atoms with Crippen LogP contribution in [0, 0.1) is 11.6 Å². The third kappa shape index (κ3) is 3.47. The molecular weight excluding hydrogens is 286 g/mol. The maximum atomic E-state index is 13.5. The zero-order valence-electron chi connectivity index (χ0n) is 10.3. The van der Waals surface area contributed by atoms with E-state index in [4.69, 9.17) is 5.11 Å². The van der Waals surface area contributed by atoms with Gasteiger partial charge in [-0.15, -0.1) is 0 Å². The van der Waals surface area contributed by atoms with Gasteiger partial charge in [-0.25, -0.2) is 28.3 Å². The van der Waals surface area contributed by atoms with E-state index in [9.17, 15) is 18.4 Å². The molecule has 0 radical (unpaired) electrons. The number of amides is 2. The first-order chi connectivity index (χ1) is 9.97. The molecule has 3 N–H and O–H groups in total. The SMILES string of the molecule is O=C(Nc1ncccn1)Nc1cc(C(=O)O)c(F)cc1F. The van der Waals surface area contributed by atoms with E-state index in [1.165, 1.54) is 18.5 Å². The molecule has 21 heavy (non-hydrogen) atoms. The Morgan fingerprint density at radius 3 is 2.33 bits per heavy atom. The lowest BCUT2D eigenvalue weighted by atomic mass is 10.2. The van der Waals surface area contributed by atoms with Crippen molar-refractivity contribution in [3.63, 3.8) is 0 Å². The maximum Gasteiger partial charge on any atom is 0.338 e. The van der Waals surface area contributed by atoms with Gasteiger partial charge in [0.05, 0.1) is 11.3 Å². The highest BCUT2D eigenvalue weighted by Gasteiger charge is 2.16. The van der Waals surface area contributed by atoms with Gasteiger partial charge in [0.25, 0.3) is 0 Å². The summed E-state index contributed by atoms with van der Waals surface area (Å²) in [7, 11) is 0. The van der Waals surface area contributed by atoms with Gasteiger partial charge >= 0.3 is 12.0 Å². The van der Waals surface area contributed by atoms with Crippen molar-refractivity contribution >= 4 is 23.6 Å². The number of aromatic carboxylic acids is 1. The number of aromatic nitrogens is 2. The number of nitrogens with zero attached hydrogens (tertiary/aromatic N) is 2. The van der Waals surface area contributed by atoms with Gasteiger partial charge in [0.2, 0.25) is 5.95 Å². The number of nitrogens with one attached hydrogen (secondary N) is 2. The lowest BCUT2D eigenvalue weighted by molar-refractivity contribution is 0.0692. The number of carboxylic acid groups (broad SMARTS) is 1. The first kappa shape index (κ1) is 14.3. The molecule has 0 saturated carbocycles. The maximum absolute atomic E-state index is 13.5. The molecule has 0 bridgehead atoms. The summed E-state index contributed by atoms with van der Waals surface area (Å²) in [5.74, 6) is -3.96. The van der Waals surface area contributed by atoms with Crippen molar-refractivity contribution < 1.29 is 23.5 Å². The summed E-state index contributed by atoms with van der Waals surface area (Å²) < 4.78 is 26.7. The lowest BCUT2D eigenvalue weighted by Crippen LogP contribution is -2.22. The van der Waals surface area contributed by atoms with Crippen LogP contribution in [-0.4, -0.2) is 27.1 Å². The van der Waals surface area contributed by atoms with Crippen molar-refractivity contribution in [3.8, 4) is 0 Å². The average Bonchev–Trinajstić information content (AvgIpc) is 2.42. The van der Waals surface area contributed by atoms with E-state index in [1.54, 1.807) is 0 Å². The molecule has 1 heterocycles. The minimum absolute atomic E-state index is 0.0315. The molecule has 0 aliphatic heterocycles. The minimum atomic E-state index is -1.58. The van der Waals surface area contributed by atoms with Gasteiger partial charge in [0, 0.05) is 18.5 Å². The number of benzene rings is 1. The van der Waals surface area contributed by atoms with Crippen molar-refractivity contribution in [2.75, 3.05) is 10.6 Å². The molecule has 2 aromatic rings. The molecule has 0 spiro atoms. The summed E-state index contributed by atoms with van der Waals surface area (Å²) in [5, 5.41) is 13.0. The summed E-state index contributed by atoms with van der Waals surface area (Å²) in [6.07, 6.45) is 2.76. The number of anilines is 2. The average molecular weight is 294 g/mol. The third-order valence-corrected chi connectivity index (χ3v) is 2.33. The van der Waals surface area contributed by atoms with Gasteiger partial charge in [-0.1, -0.05) is 0 Å². The highest BCUT2D eigenvalue weighted by molar-refractivity contribution is 5.99. The quantitative estimate of drug-likeness (QED) is 0.804. The summed E-state index contributed by atoms with van der Waals surface area (Å²) in [6.45, 7) is 0. The molecule has 7 nitrogen and oxygen atoms in total. The fourth-order valence-corrected chi connectivity index (χ4v) is 1.43. The molecule has 2 amide bonds. The van der Waals surface area contributed by atoms with Crippen molar-refractivity contribution in [2.24, 2.45) is 0 Å². The number of hydrogen-bond donors (Lipinski definition) is 3. The number of carboxylic acids is 1. The summed E-state index contributed by atoms with van der Waals surface area (Å²) in [6, 6.07) is 1.68. The van der Waals surface area contributed by atoms with Crippen LogP contribution in [0.25, 0.3) is 0 Å². The summed E-state index contributed by atoms with van der Waals surface area (Å²) in [4.78, 5) is 29.8. The Morgan fingerprint density at radius 2 is 1.71 bits per heavy atom. The van der Waals surface area contributed by atoms with E-state index in [1.807, 2.05) is 5.32 Å². The van der Waals surface area contributed by atoms with Gasteiger partial charge in [0.1, 0.15) is 11.6 Å². The molecule has 1 aromatic carbocycles. The van der Waals surface area contributed by atoms with Gasteiger partial charge in [-0.05, 0) is 12.1 Å². The van der Waals surface area contributed by atoms with Crippen molar-refractivity contribution in [1.29, 1.82) is 0 Å². The second kappa shape index (κ2) is 5.90. The second-order valence-corrected chi connectivity index (χ2v) is 3.77. The largest absolute Gasteiger partial charge is 0.478 e. The monoisotopic (exact) mass is 294 g/mol. The topological polar surface area (TPSA) is 104 Å². The predicted octanol–water partition coefficient (Wildman–Crippen LogP) is 2.10. The van der Waals surface area contributed by atoms with Crippen LogP contribution in [0.15, 0.2) is 30.6 Å². The normalized spacial score (nSPS) is 10.0. The van der Waals surface area contributed by atoms with Crippen LogP contribution < -0.4 is 10.6 Å². The Kier molecular flexibility index (Phi) is 4.02. The Morgan fingerprint density at radius 1 is 1.05 bits per heavy atom. The van der Waals surface area contributed by atoms with Crippen LogP contribution in [0.2, 0.25) is 0 Å². The van der Waals surface area contributed by atoms with Crippen LogP contribution in [0.1, 0.15) is 10.4 Å². The summed E-state index contributed by atoms with van der Waals surface area (Å²) >= 11 is 0. The van der Waals surface area contributed by atoms with Crippen molar-refractivity contribution in [3.05, 3.63) is 47.8 Å². The molecule has 108 valence electrons. The van der Waals surface area contributed by atoms with Crippen molar-refractivity contribution in [2.45, 2.75) is 0 Å². The van der Waals surface area contributed by atoms with Crippen LogP contribution >= 0.6 is 0 Å². The van der Waals surface area contributed by atoms with E-state index < -0.39 is 34.9 Å². The number of rotatable bonds is 3. The molecule has 0 aliphatic carbocycles. The molecule has 0 aliphatic rings. The standard InChI is InChI=1S/C12H8F2N4O3/c13-7-5-8(14)9(4-6(7)10(19)20)17-12(21)18-11-15-2-1-3-16-11/h1-5H,(H,19,20)(H2,15,16,17,18,21). The van der Waals surface area contributed by atoms with Gasteiger partial charge in [-0.2, -0.15) is 0 Å². The lowest BCUT2D eigenvalue weighted by Gasteiger charge is -2.08. The zero-order chi connectivity index (χ0) is 15.4. The third-order valence-electron chi connectivity index (χ3n) is 2.33. The second-order valence-electron chi connectivity index (χ2n) is 3.77. The number of hydrogen-bond acceptors (Lipinski definition) is 4. The Bertz CT molecular complexity index is 694. The molecule has 1 aromatic heterocycles. The van der Waals surface area contributed by atoms with Crippen molar-refractivity contribution in [1.82, 2.24) is 9.97 Å². The zero-order valence-corrected chi connectivity index (χ0v) is 10.3. The van der Waals surface area contributed by atoms with Crippen LogP contribution in [0.4, 0.5) is 25.2 Å². The fourth-order valence-electron chi connectivity index (χ4n) is 1.43. The van der Waals surface area contributed by atoms with Crippen LogP contribution in [0.5, 0.6) is 0 Å². The highest BCUT2D eigenvalue weighted by atomic mass is 19.1. The Labute approximate surface area is 116 Å². The fraction of sp³-hybridized carbons (Fsp3) is 0. The number of carbonyl (C=O) groups is 2. The van der Waals surface area contributed by atoms with E-state index >= 15 is 0 Å². The number of urea groups is 1. The Balaban J connectivity index is 2.17. The van der Waals surface area contributed by atoms with E-state index in [0.29, 0.717) is 12.1 Å². The molecule has 0 atom stereocenters. The molecule has 0 unspecified atom stereocenters. The van der Waals surface area contributed by atoms with Crippen LogP contribution in [0.3, 0.4) is 0 Å². The molecule has 9 heteroatoms. The Hall–Kier alpha value is -3.10. The van der Waals surface area contributed by atoms with E-state index in [-0.39, 0.29) is 5.95 Å². The van der Waals surface area contributed by atoms with Gasteiger partial charge in [-0.3, -0.25) is 5.32 Å². The predicted molar refractivity (Wildman–Crippen MR) is 68.0 cm³/mol. The first-order valence-corrected chi connectivity index (χ1v) is 5.54. The first-order valence-electron chi connectivity index (χ1n) is 5.54. The molecular formula is C12H8F2N4O3. The van der Waals surface area contributed by atoms with Gasteiger partial charge < -0.3 is 10.4 Å². The number of halogens is 2. The smallest absolute Gasteiger partial charge is 0.338 e. The molecule has 2 rings (SSSR count). The van der Waals surface area contributed by atoms with E-state index in [0.717, 1.165) is 0 Å². The highest BCUT2D eigenvalue weighted by Crippen LogP contribution is 2.19. The van der Waals surface area contributed by atoms with Crippen LogP contribution in [-0.2, 0) is 0 Å². The molecule has 0 saturated heterocycles. The summed E-state index contributed by atoms with van der Waals surface area (Å²) in [5.41, 5.74) is -1.25. The number of carbonyl (C=O) groups excluding carboxylic acids is 1.